The van der Waals surface area contributed by atoms with Crippen LogP contribution in [0.15, 0.2) is 18.5 Å². The molecular formula is C16H24FN3. The smallest absolute Gasteiger partial charge is 0.141 e. The van der Waals surface area contributed by atoms with Crippen molar-refractivity contribution in [1.29, 1.82) is 0 Å². The van der Waals surface area contributed by atoms with Gasteiger partial charge in [-0.1, -0.05) is 19.3 Å². The Kier molecular flexibility index (Phi) is 4.63. The van der Waals surface area contributed by atoms with Crippen LogP contribution in [0.25, 0.3) is 0 Å². The highest BCUT2D eigenvalue weighted by Gasteiger charge is 2.30. The van der Waals surface area contributed by atoms with Crippen molar-refractivity contribution in [3.05, 3.63) is 29.8 Å². The number of hydrogen-bond donors (Lipinski definition) is 1. The highest BCUT2D eigenvalue weighted by Crippen LogP contribution is 2.30. The van der Waals surface area contributed by atoms with Gasteiger partial charge in [-0.05, 0) is 30.4 Å². The molecule has 110 valence electrons. The summed E-state index contributed by atoms with van der Waals surface area (Å²) < 4.78 is 13.3. The number of pyridine rings is 1. The van der Waals surface area contributed by atoms with E-state index >= 15 is 0 Å². The molecule has 1 saturated carbocycles. The van der Waals surface area contributed by atoms with Crippen molar-refractivity contribution in [1.82, 2.24) is 15.2 Å². The van der Waals surface area contributed by atoms with Gasteiger partial charge in [-0.25, -0.2) is 4.39 Å². The average Bonchev–Trinajstić information content (AvgIpc) is 2.49. The lowest BCUT2D eigenvalue weighted by molar-refractivity contribution is 0.0858. The van der Waals surface area contributed by atoms with Crippen molar-refractivity contribution >= 4 is 0 Å². The van der Waals surface area contributed by atoms with Gasteiger partial charge >= 0.3 is 0 Å². The molecular weight excluding hydrogens is 253 g/mol. The van der Waals surface area contributed by atoms with E-state index in [2.05, 4.69) is 15.2 Å². The van der Waals surface area contributed by atoms with Gasteiger partial charge in [0.1, 0.15) is 5.82 Å². The molecule has 1 aromatic heterocycles. The zero-order chi connectivity index (χ0) is 13.8. The monoisotopic (exact) mass is 277 g/mol. The highest BCUT2D eigenvalue weighted by molar-refractivity contribution is 5.10. The zero-order valence-electron chi connectivity index (χ0n) is 12.0. The van der Waals surface area contributed by atoms with Crippen molar-refractivity contribution in [3.8, 4) is 0 Å². The summed E-state index contributed by atoms with van der Waals surface area (Å²) in [6.07, 6.45) is 9.91. The van der Waals surface area contributed by atoms with Crippen LogP contribution in [0.2, 0.25) is 0 Å². The van der Waals surface area contributed by atoms with E-state index in [0.717, 1.165) is 37.7 Å². The molecule has 1 aliphatic carbocycles. The summed E-state index contributed by atoms with van der Waals surface area (Å²) in [7, 11) is 0. The molecule has 4 heteroatoms. The van der Waals surface area contributed by atoms with Gasteiger partial charge in [-0.2, -0.15) is 0 Å². The first kappa shape index (κ1) is 14.0. The molecule has 3 rings (SSSR count). The van der Waals surface area contributed by atoms with E-state index in [4.69, 9.17) is 0 Å². The van der Waals surface area contributed by atoms with Gasteiger partial charge in [0.2, 0.25) is 0 Å². The lowest BCUT2D eigenvalue weighted by atomic mass is 9.82. The first-order valence-corrected chi connectivity index (χ1v) is 7.87. The van der Waals surface area contributed by atoms with Gasteiger partial charge in [0.25, 0.3) is 0 Å². The molecule has 1 aliphatic heterocycles. The maximum absolute atomic E-state index is 13.3. The molecule has 1 aromatic rings. The van der Waals surface area contributed by atoms with E-state index in [1.165, 1.54) is 38.3 Å². The van der Waals surface area contributed by atoms with Gasteiger partial charge in [0.05, 0.1) is 6.20 Å². The molecule has 1 N–H and O–H groups in total. The van der Waals surface area contributed by atoms with Crippen LogP contribution >= 0.6 is 0 Å². The van der Waals surface area contributed by atoms with Gasteiger partial charge in [0, 0.05) is 38.4 Å². The minimum Gasteiger partial charge on any atom is -0.314 e. The summed E-state index contributed by atoms with van der Waals surface area (Å²) in [5.74, 6) is 0.574. The van der Waals surface area contributed by atoms with Crippen molar-refractivity contribution in [2.45, 2.75) is 44.7 Å². The summed E-state index contributed by atoms with van der Waals surface area (Å²) in [4.78, 5) is 6.50. The molecule has 1 saturated heterocycles. The van der Waals surface area contributed by atoms with Crippen LogP contribution in [-0.4, -0.2) is 35.6 Å². The van der Waals surface area contributed by atoms with Crippen LogP contribution in [0.5, 0.6) is 0 Å². The van der Waals surface area contributed by atoms with E-state index in [1.807, 2.05) is 0 Å². The molecule has 1 atom stereocenters. The van der Waals surface area contributed by atoms with E-state index < -0.39 is 0 Å². The number of halogens is 1. The largest absolute Gasteiger partial charge is 0.314 e. The number of rotatable bonds is 3. The normalized spacial score (nSPS) is 25.8. The molecule has 20 heavy (non-hydrogen) atoms. The Labute approximate surface area is 120 Å². The standard InChI is InChI=1S/C16H24FN3/c17-15-8-13(9-19-10-15)12-20-7-6-18-11-16(20)14-4-2-1-3-5-14/h8-10,14,16,18H,1-7,11-12H2. The van der Waals surface area contributed by atoms with E-state index in [-0.39, 0.29) is 5.82 Å². The minimum atomic E-state index is -0.230. The van der Waals surface area contributed by atoms with Crippen LogP contribution in [0, 0.1) is 11.7 Å². The van der Waals surface area contributed by atoms with Crippen molar-refractivity contribution in [2.24, 2.45) is 5.92 Å². The Balaban J connectivity index is 1.68. The molecule has 1 unspecified atom stereocenters. The zero-order valence-corrected chi connectivity index (χ0v) is 12.0. The van der Waals surface area contributed by atoms with Crippen molar-refractivity contribution in [3.63, 3.8) is 0 Å². The average molecular weight is 277 g/mol. The fraction of sp³-hybridized carbons (Fsp3) is 0.688. The van der Waals surface area contributed by atoms with Gasteiger partial charge in [-0.3, -0.25) is 9.88 Å². The van der Waals surface area contributed by atoms with Crippen LogP contribution < -0.4 is 5.32 Å². The fourth-order valence-electron chi connectivity index (χ4n) is 3.72. The molecule has 2 fully saturated rings. The first-order valence-electron chi connectivity index (χ1n) is 7.87. The molecule has 0 bridgehead atoms. The maximum Gasteiger partial charge on any atom is 0.141 e. The number of hydrogen-bond acceptors (Lipinski definition) is 3. The third-order valence-electron chi connectivity index (χ3n) is 4.74. The number of nitrogens with one attached hydrogen (secondary N) is 1. The second-order valence-corrected chi connectivity index (χ2v) is 6.15. The maximum atomic E-state index is 13.3. The minimum absolute atomic E-state index is 0.230. The Morgan fingerprint density at radius 3 is 2.90 bits per heavy atom. The lowest BCUT2D eigenvalue weighted by Gasteiger charge is -2.42. The van der Waals surface area contributed by atoms with Crippen LogP contribution in [0.1, 0.15) is 37.7 Å². The van der Waals surface area contributed by atoms with E-state index in [0.29, 0.717) is 6.04 Å². The fourth-order valence-corrected chi connectivity index (χ4v) is 3.72. The Morgan fingerprint density at radius 2 is 2.10 bits per heavy atom. The van der Waals surface area contributed by atoms with Crippen LogP contribution in [0.3, 0.4) is 0 Å². The predicted octanol–water partition coefficient (Wildman–Crippen LogP) is 2.57. The van der Waals surface area contributed by atoms with Gasteiger partial charge in [0.15, 0.2) is 0 Å². The second-order valence-electron chi connectivity index (χ2n) is 6.15. The Morgan fingerprint density at radius 1 is 1.25 bits per heavy atom. The topological polar surface area (TPSA) is 28.2 Å². The van der Waals surface area contributed by atoms with Gasteiger partial charge < -0.3 is 5.32 Å². The van der Waals surface area contributed by atoms with Crippen LogP contribution in [-0.2, 0) is 6.54 Å². The van der Waals surface area contributed by atoms with Crippen LogP contribution in [0.4, 0.5) is 4.39 Å². The Hall–Kier alpha value is -1.00. The van der Waals surface area contributed by atoms with E-state index in [9.17, 15) is 4.39 Å². The number of piperazine rings is 1. The third-order valence-corrected chi connectivity index (χ3v) is 4.74. The summed E-state index contributed by atoms with van der Waals surface area (Å²) in [6, 6.07) is 2.22. The highest BCUT2D eigenvalue weighted by atomic mass is 19.1. The molecule has 0 spiro atoms. The van der Waals surface area contributed by atoms with Crippen molar-refractivity contribution in [2.75, 3.05) is 19.6 Å². The second kappa shape index (κ2) is 6.64. The quantitative estimate of drug-likeness (QED) is 0.920. The molecule has 0 radical (unpaired) electrons. The Bertz CT molecular complexity index is 431. The molecule has 3 nitrogen and oxygen atoms in total. The number of nitrogens with zero attached hydrogens (tertiary/aromatic N) is 2. The summed E-state index contributed by atoms with van der Waals surface area (Å²) in [5.41, 5.74) is 0.993. The summed E-state index contributed by atoms with van der Waals surface area (Å²) in [5, 5.41) is 3.53. The third kappa shape index (κ3) is 3.36. The molecule has 2 heterocycles. The number of aromatic nitrogens is 1. The SMILES string of the molecule is Fc1cncc(CN2CCNCC2C2CCCCC2)c1. The van der Waals surface area contributed by atoms with Crippen molar-refractivity contribution < 1.29 is 4.39 Å². The summed E-state index contributed by atoms with van der Waals surface area (Å²) >= 11 is 0. The molecule has 0 amide bonds. The summed E-state index contributed by atoms with van der Waals surface area (Å²) in [6.45, 7) is 3.99. The molecule has 0 aromatic carbocycles. The molecule has 2 aliphatic rings. The van der Waals surface area contributed by atoms with E-state index in [1.54, 1.807) is 12.3 Å². The predicted molar refractivity (Wildman–Crippen MR) is 77.8 cm³/mol. The van der Waals surface area contributed by atoms with Gasteiger partial charge in [-0.15, -0.1) is 0 Å². The first-order chi connectivity index (χ1) is 9.83. The lowest BCUT2D eigenvalue weighted by Crippen LogP contribution is -2.54.